The molecule has 0 aromatic carbocycles. The molecule has 54 valence electrons. The van der Waals surface area contributed by atoms with Gasteiger partial charge in [0.15, 0.2) is 0 Å². The number of hydrogen-bond acceptors (Lipinski definition) is 1. The van der Waals surface area contributed by atoms with E-state index in [9.17, 15) is 4.39 Å². The van der Waals surface area contributed by atoms with Gasteiger partial charge in [-0.1, -0.05) is 15.9 Å². The molecule has 0 aliphatic carbocycles. The van der Waals surface area contributed by atoms with Crippen molar-refractivity contribution in [3.8, 4) is 0 Å². The van der Waals surface area contributed by atoms with Crippen LogP contribution in [0.5, 0.6) is 0 Å². The molecule has 0 unspecified atom stereocenters. The Labute approximate surface area is 67.4 Å². The molecule has 10 heavy (non-hydrogen) atoms. The van der Waals surface area contributed by atoms with Crippen LogP contribution >= 0.6 is 15.9 Å². The molecule has 0 amide bonds. The Morgan fingerprint density at radius 3 is 2.70 bits per heavy atom. The summed E-state index contributed by atoms with van der Waals surface area (Å²) in [5, 5.41) is 0.549. The lowest BCUT2D eigenvalue weighted by atomic mass is 10.2. The summed E-state index contributed by atoms with van der Waals surface area (Å²) in [6, 6.07) is 0. The summed E-state index contributed by atoms with van der Waals surface area (Å²) in [7, 11) is 0. The third kappa shape index (κ3) is 1.34. The van der Waals surface area contributed by atoms with Crippen LogP contribution in [0.2, 0.25) is 0 Å². The SMILES string of the molecule is Cc1cncc(F)c1CBr. The van der Waals surface area contributed by atoms with Crippen molar-refractivity contribution < 1.29 is 4.39 Å². The number of pyridine rings is 1. The zero-order valence-electron chi connectivity index (χ0n) is 5.56. The maximum atomic E-state index is 12.8. The highest BCUT2D eigenvalue weighted by molar-refractivity contribution is 9.08. The van der Waals surface area contributed by atoms with E-state index in [1.165, 1.54) is 6.20 Å². The number of alkyl halides is 1. The summed E-state index contributed by atoms with van der Waals surface area (Å²) in [5.74, 6) is -0.239. The van der Waals surface area contributed by atoms with Crippen molar-refractivity contribution in [1.29, 1.82) is 0 Å². The van der Waals surface area contributed by atoms with Gasteiger partial charge in [0.05, 0.1) is 6.20 Å². The smallest absolute Gasteiger partial charge is 0.145 e. The van der Waals surface area contributed by atoms with E-state index < -0.39 is 0 Å². The molecule has 0 saturated carbocycles. The molecule has 1 rings (SSSR count). The number of hydrogen-bond donors (Lipinski definition) is 0. The van der Waals surface area contributed by atoms with Crippen LogP contribution in [0.1, 0.15) is 11.1 Å². The zero-order chi connectivity index (χ0) is 7.56. The number of rotatable bonds is 1. The number of halogens is 2. The second-order valence-electron chi connectivity index (χ2n) is 2.05. The van der Waals surface area contributed by atoms with Crippen molar-refractivity contribution in [2.24, 2.45) is 0 Å². The summed E-state index contributed by atoms with van der Waals surface area (Å²) in [6.07, 6.45) is 2.88. The molecule has 1 nitrogen and oxygen atoms in total. The first-order chi connectivity index (χ1) is 4.75. The lowest BCUT2D eigenvalue weighted by Crippen LogP contribution is -1.91. The van der Waals surface area contributed by atoms with E-state index in [0.717, 1.165) is 5.56 Å². The van der Waals surface area contributed by atoms with Gasteiger partial charge in [0.25, 0.3) is 0 Å². The summed E-state index contributed by atoms with van der Waals surface area (Å²) < 4.78 is 12.8. The van der Waals surface area contributed by atoms with Crippen LogP contribution in [0.15, 0.2) is 12.4 Å². The van der Waals surface area contributed by atoms with Gasteiger partial charge in [0.2, 0.25) is 0 Å². The Balaban J connectivity index is 3.17. The molecule has 0 aliphatic rings. The Kier molecular flexibility index (Phi) is 2.38. The minimum absolute atomic E-state index is 0.239. The standard InChI is InChI=1S/C7H7BrFN/c1-5-3-10-4-7(9)6(5)2-8/h3-4H,2H2,1H3. The molecule has 0 spiro atoms. The van der Waals surface area contributed by atoms with Crippen molar-refractivity contribution in [3.05, 3.63) is 29.3 Å². The fraction of sp³-hybridized carbons (Fsp3) is 0.286. The molecule has 3 heteroatoms. The van der Waals surface area contributed by atoms with Gasteiger partial charge in [0, 0.05) is 17.1 Å². The van der Waals surface area contributed by atoms with Crippen molar-refractivity contribution in [2.45, 2.75) is 12.3 Å². The first kappa shape index (κ1) is 7.66. The maximum Gasteiger partial charge on any atom is 0.145 e. The lowest BCUT2D eigenvalue weighted by Gasteiger charge is -2.00. The molecule has 1 aromatic heterocycles. The molecule has 0 bridgehead atoms. The Morgan fingerprint density at radius 2 is 2.30 bits per heavy atom. The zero-order valence-corrected chi connectivity index (χ0v) is 7.15. The van der Waals surface area contributed by atoms with E-state index in [2.05, 4.69) is 20.9 Å². The van der Waals surface area contributed by atoms with Gasteiger partial charge in [-0.25, -0.2) is 4.39 Å². The summed E-state index contributed by atoms with van der Waals surface area (Å²) in [6.45, 7) is 1.84. The second-order valence-corrected chi connectivity index (χ2v) is 2.61. The maximum absolute atomic E-state index is 12.8. The van der Waals surface area contributed by atoms with Crippen LogP contribution in [-0.4, -0.2) is 4.98 Å². The van der Waals surface area contributed by atoms with E-state index >= 15 is 0 Å². The van der Waals surface area contributed by atoms with E-state index in [-0.39, 0.29) is 5.82 Å². The van der Waals surface area contributed by atoms with Gasteiger partial charge in [-0.05, 0) is 12.5 Å². The number of aryl methyl sites for hydroxylation is 1. The minimum Gasteiger partial charge on any atom is -0.261 e. The van der Waals surface area contributed by atoms with Crippen molar-refractivity contribution in [3.63, 3.8) is 0 Å². The topological polar surface area (TPSA) is 12.9 Å². The highest BCUT2D eigenvalue weighted by Crippen LogP contribution is 2.13. The molecule has 1 aromatic rings. The van der Waals surface area contributed by atoms with Crippen molar-refractivity contribution in [2.75, 3.05) is 0 Å². The third-order valence-electron chi connectivity index (χ3n) is 1.35. The van der Waals surface area contributed by atoms with Gasteiger partial charge in [-0.3, -0.25) is 4.98 Å². The fourth-order valence-electron chi connectivity index (χ4n) is 0.728. The number of nitrogens with zero attached hydrogens (tertiary/aromatic N) is 1. The average Bonchev–Trinajstić information content (AvgIpc) is 1.88. The first-order valence-electron chi connectivity index (χ1n) is 2.90. The van der Waals surface area contributed by atoms with Crippen LogP contribution in [-0.2, 0) is 5.33 Å². The fourth-order valence-corrected chi connectivity index (χ4v) is 1.44. The van der Waals surface area contributed by atoms with Gasteiger partial charge >= 0.3 is 0 Å². The molecule has 0 saturated heterocycles. The van der Waals surface area contributed by atoms with Crippen LogP contribution in [0.25, 0.3) is 0 Å². The van der Waals surface area contributed by atoms with E-state index in [4.69, 9.17) is 0 Å². The van der Waals surface area contributed by atoms with Gasteiger partial charge in [-0.2, -0.15) is 0 Å². The van der Waals surface area contributed by atoms with E-state index in [0.29, 0.717) is 10.9 Å². The second kappa shape index (κ2) is 3.10. The van der Waals surface area contributed by atoms with Gasteiger partial charge in [-0.15, -0.1) is 0 Å². The molecule has 0 atom stereocenters. The van der Waals surface area contributed by atoms with Gasteiger partial charge in [0.1, 0.15) is 5.82 Å². The molecule has 0 N–H and O–H groups in total. The summed E-state index contributed by atoms with van der Waals surface area (Å²) >= 11 is 3.19. The highest BCUT2D eigenvalue weighted by Gasteiger charge is 2.02. The summed E-state index contributed by atoms with van der Waals surface area (Å²) in [4.78, 5) is 3.70. The van der Waals surface area contributed by atoms with E-state index in [1.54, 1.807) is 6.20 Å². The third-order valence-corrected chi connectivity index (χ3v) is 1.91. The molecule has 0 aliphatic heterocycles. The quantitative estimate of drug-likeness (QED) is 0.640. The van der Waals surface area contributed by atoms with Crippen molar-refractivity contribution in [1.82, 2.24) is 4.98 Å². The highest BCUT2D eigenvalue weighted by atomic mass is 79.9. The molecular formula is C7H7BrFN. The predicted octanol–water partition coefficient (Wildman–Crippen LogP) is 2.42. The Morgan fingerprint density at radius 1 is 1.60 bits per heavy atom. The minimum atomic E-state index is -0.239. The average molecular weight is 204 g/mol. The Bertz CT molecular complexity index is 217. The van der Waals surface area contributed by atoms with Gasteiger partial charge < -0.3 is 0 Å². The predicted molar refractivity (Wildman–Crippen MR) is 41.6 cm³/mol. The summed E-state index contributed by atoms with van der Waals surface area (Å²) in [5.41, 5.74) is 1.58. The monoisotopic (exact) mass is 203 g/mol. The normalized spacial score (nSPS) is 9.90. The molecule has 1 heterocycles. The molecule has 0 radical (unpaired) electrons. The van der Waals surface area contributed by atoms with Crippen LogP contribution in [0, 0.1) is 12.7 Å². The van der Waals surface area contributed by atoms with Crippen molar-refractivity contribution >= 4 is 15.9 Å². The lowest BCUT2D eigenvalue weighted by molar-refractivity contribution is 0.609. The largest absolute Gasteiger partial charge is 0.261 e. The number of aromatic nitrogens is 1. The molecular weight excluding hydrogens is 197 g/mol. The van der Waals surface area contributed by atoms with E-state index in [1.807, 2.05) is 6.92 Å². The van der Waals surface area contributed by atoms with Crippen LogP contribution in [0.3, 0.4) is 0 Å². The first-order valence-corrected chi connectivity index (χ1v) is 4.03. The molecule has 0 fully saturated rings. The Hall–Kier alpha value is -0.440. The van der Waals surface area contributed by atoms with Crippen LogP contribution < -0.4 is 0 Å². The van der Waals surface area contributed by atoms with Crippen LogP contribution in [0.4, 0.5) is 4.39 Å².